The van der Waals surface area contributed by atoms with Crippen LogP contribution in [0.1, 0.15) is 16.8 Å². The van der Waals surface area contributed by atoms with Crippen LogP contribution in [-0.4, -0.2) is 61.0 Å². The summed E-state index contributed by atoms with van der Waals surface area (Å²) >= 11 is 1.48. The van der Waals surface area contributed by atoms with Gasteiger partial charge in [-0.25, -0.2) is 9.98 Å². The van der Waals surface area contributed by atoms with Crippen molar-refractivity contribution in [2.24, 2.45) is 15.7 Å². The fourth-order valence-corrected chi connectivity index (χ4v) is 5.73. The third-order valence-corrected chi connectivity index (χ3v) is 7.74. The highest BCUT2D eigenvalue weighted by molar-refractivity contribution is 7.19. The molecule has 3 heterocycles. The number of hydrogen-bond donors (Lipinski definition) is 3. The zero-order valence-electron chi connectivity index (χ0n) is 22.0. The molecule has 0 bridgehead atoms. The number of fused-ring (bicyclic) bond motifs is 1. The molecule has 4 aromatic rings. The Morgan fingerprint density at radius 3 is 2.39 bits per heavy atom. The van der Waals surface area contributed by atoms with E-state index in [-0.39, 0.29) is 11.9 Å². The van der Waals surface area contributed by atoms with Crippen molar-refractivity contribution in [3.63, 3.8) is 0 Å². The molecular weight excluding hydrogens is 538 g/mol. The SMILES string of the molecule is N=C(O/C(N)=N/C1N=C(c2ccccc2)c2ccccc2NC1=O)c1nc(-c2ccccc2)sc1N1CCOCC1. The summed E-state index contributed by atoms with van der Waals surface area (Å²) in [7, 11) is 0. The Kier molecular flexibility index (Phi) is 7.52. The van der Waals surface area contributed by atoms with Gasteiger partial charge in [0.05, 0.1) is 24.6 Å². The van der Waals surface area contributed by atoms with Gasteiger partial charge in [0.2, 0.25) is 12.1 Å². The average Bonchev–Trinajstić information content (AvgIpc) is 3.41. The van der Waals surface area contributed by atoms with Gasteiger partial charge in [0, 0.05) is 29.8 Å². The molecule has 2 aliphatic heterocycles. The molecule has 0 spiro atoms. The predicted molar refractivity (Wildman–Crippen MR) is 161 cm³/mol. The number of nitrogens with two attached hydrogens (primary N) is 1. The van der Waals surface area contributed by atoms with Gasteiger partial charge in [-0.05, 0) is 6.07 Å². The Morgan fingerprint density at radius 1 is 1.00 bits per heavy atom. The molecule has 206 valence electrons. The quantitative estimate of drug-likeness (QED) is 0.246. The Morgan fingerprint density at radius 2 is 1.66 bits per heavy atom. The van der Waals surface area contributed by atoms with Gasteiger partial charge in [-0.2, -0.15) is 4.99 Å². The van der Waals surface area contributed by atoms with E-state index in [0.717, 1.165) is 26.7 Å². The Balaban J connectivity index is 1.31. The number of para-hydroxylation sites is 1. The monoisotopic (exact) mass is 565 g/mol. The summed E-state index contributed by atoms with van der Waals surface area (Å²) in [6, 6.07) is 26.4. The summed E-state index contributed by atoms with van der Waals surface area (Å²) in [5.41, 5.74) is 10.3. The molecule has 1 atom stereocenters. The van der Waals surface area contributed by atoms with Crippen LogP contribution < -0.4 is 16.0 Å². The Labute approximate surface area is 240 Å². The number of amides is 1. The number of thiazole rings is 1. The van der Waals surface area contributed by atoms with Gasteiger partial charge >= 0.3 is 0 Å². The molecule has 1 saturated heterocycles. The largest absolute Gasteiger partial charge is 0.405 e. The first-order valence-corrected chi connectivity index (χ1v) is 13.9. The molecule has 2 aliphatic rings. The third-order valence-electron chi connectivity index (χ3n) is 6.57. The molecule has 4 N–H and O–H groups in total. The van der Waals surface area contributed by atoms with Gasteiger partial charge in [0.25, 0.3) is 11.9 Å². The summed E-state index contributed by atoms with van der Waals surface area (Å²) < 4.78 is 11.2. The summed E-state index contributed by atoms with van der Waals surface area (Å²) in [6.07, 6.45) is -1.22. The second kappa shape index (κ2) is 11.7. The molecule has 41 heavy (non-hydrogen) atoms. The van der Waals surface area contributed by atoms with E-state index in [4.69, 9.17) is 25.6 Å². The van der Waals surface area contributed by atoms with Crippen LogP contribution in [-0.2, 0) is 14.3 Å². The van der Waals surface area contributed by atoms with Crippen LogP contribution >= 0.6 is 11.3 Å². The molecule has 0 radical (unpaired) electrons. The molecule has 10 nitrogen and oxygen atoms in total. The number of ether oxygens (including phenoxy) is 2. The molecule has 3 aromatic carbocycles. The van der Waals surface area contributed by atoms with Crippen molar-refractivity contribution in [2.75, 3.05) is 36.5 Å². The summed E-state index contributed by atoms with van der Waals surface area (Å²) in [6.45, 7) is 2.49. The van der Waals surface area contributed by atoms with Crippen molar-refractivity contribution in [1.82, 2.24) is 4.98 Å². The van der Waals surface area contributed by atoms with Crippen molar-refractivity contribution in [1.29, 1.82) is 5.41 Å². The summed E-state index contributed by atoms with van der Waals surface area (Å²) in [4.78, 5) is 29.0. The molecule has 11 heteroatoms. The van der Waals surface area contributed by atoms with Crippen LogP contribution in [0.4, 0.5) is 10.7 Å². The van der Waals surface area contributed by atoms with Crippen LogP contribution in [0.3, 0.4) is 0 Å². The third kappa shape index (κ3) is 5.72. The molecule has 1 aromatic heterocycles. The standard InChI is InChI=1S/C30H27N7O3S/c31-25(24-29(37-15-17-39-18-16-37)41-28(35-24)20-11-5-2-6-12-20)40-30(32)36-26-27(38)33-22-14-8-7-13-21(22)23(34-26)19-9-3-1-4-10-19/h1-14,26,31H,15-18H2,(H2,32,36)(H,33,38). The molecule has 0 saturated carbocycles. The van der Waals surface area contributed by atoms with E-state index in [1.165, 1.54) is 11.3 Å². The van der Waals surface area contributed by atoms with Crippen molar-refractivity contribution in [3.8, 4) is 10.6 Å². The van der Waals surface area contributed by atoms with Crippen molar-refractivity contribution >= 4 is 45.6 Å². The maximum atomic E-state index is 13.1. The maximum Gasteiger partial charge on any atom is 0.291 e. The number of hydrogen-bond acceptors (Lipinski definition) is 9. The molecule has 1 amide bonds. The van der Waals surface area contributed by atoms with Crippen molar-refractivity contribution in [3.05, 3.63) is 102 Å². The molecule has 0 aliphatic carbocycles. The van der Waals surface area contributed by atoms with E-state index in [9.17, 15) is 4.79 Å². The van der Waals surface area contributed by atoms with Crippen LogP contribution in [0.5, 0.6) is 0 Å². The number of benzene rings is 3. The number of nitrogens with one attached hydrogen (secondary N) is 2. The summed E-state index contributed by atoms with van der Waals surface area (Å²) in [5.74, 6) is -0.730. The maximum absolute atomic E-state index is 13.1. The minimum absolute atomic E-state index is 0.268. The Bertz CT molecular complexity index is 1630. The van der Waals surface area contributed by atoms with Gasteiger partial charge < -0.3 is 25.4 Å². The molecule has 1 fully saturated rings. The lowest BCUT2D eigenvalue weighted by Gasteiger charge is -2.27. The molecule has 6 rings (SSSR count). The van der Waals surface area contributed by atoms with Crippen LogP contribution in [0.15, 0.2) is 94.9 Å². The highest BCUT2D eigenvalue weighted by Crippen LogP contribution is 2.35. The predicted octanol–water partition coefficient (Wildman–Crippen LogP) is 4.12. The number of aliphatic imine (C=N–C) groups is 2. The van der Waals surface area contributed by atoms with Crippen LogP contribution in [0.2, 0.25) is 0 Å². The highest BCUT2D eigenvalue weighted by Gasteiger charge is 2.28. The van der Waals surface area contributed by atoms with Gasteiger partial charge in [-0.15, -0.1) is 0 Å². The second-order valence-electron chi connectivity index (χ2n) is 9.29. The molecule has 1 unspecified atom stereocenters. The number of carbonyl (C=O) groups excluding carboxylic acids is 1. The number of amidine groups is 1. The zero-order chi connectivity index (χ0) is 28.2. The van der Waals surface area contributed by atoms with Gasteiger partial charge in [0.15, 0.2) is 5.69 Å². The Hall–Kier alpha value is -4.87. The van der Waals surface area contributed by atoms with E-state index < -0.39 is 12.1 Å². The van der Waals surface area contributed by atoms with Gasteiger partial charge in [-0.3, -0.25) is 10.2 Å². The van der Waals surface area contributed by atoms with Gasteiger partial charge in [0.1, 0.15) is 10.0 Å². The fraction of sp³-hybridized carbons (Fsp3) is 0.167. The van der Waals surface area contributed by atoms with Crippen LogP contribution in [0, 0.1) is 5.41 Å². The van der Waals surface area contributed by atoms with E-state index in [1.807, 2.05) is 84.9 Å². The lowest BCUT2D eigenvalue weighted by atomic mass is 10.0. The minimum atomic E-state index is -1.22. The van der Waals surface area contributed by atoms with Gasteiger partial charge in [-0.1, -0.05) is 90.2 Å². The lowest BCUT2D eigenvalue weighted by Crippen LogP contribution is -2.37. The fourth-order valence-electron chi connectivity index (χ4n) is 4.60. The number of benzodiazepines with no additional fused rings is 1. The normalized spacial score (nSPS) is 17.2. The first-order valence-electron chi connectivity index (χ1n) is 13.1. The topological polar surface area (TPSA) is 138 Å². The number of anilines is 2. The summed E-state index contributed by atoms with van der Waals surface area (Å²) in [5, 5.41) is 13.2. The number of aromatic nitrogens is 1. The smallest absolute Gasteiger partial charge is 0.291 e. The second-order valence-corrected chi connectivity index (χ2v) is 10.3. The van der Waals surface area contributed by atoms with E-state index in [0.29, 0.717) is 43.4 Å². The van der Waals surface area contributed by atoms with E-state index >= 15 is 0 Å². The number of carbonyl (C=O) groups is 1. The van der Waals surface area contributed by atoms with Crippen LogP contribution in [0.25, 0.3) is 10.6 Å². The zero-order valence-corrected chi connectivity index (χ0v) is 22.8. The number of morpholine rings is 1. The minimum Gasteiger partial charge on any atom is -0.405 e. The average molecular weight is 566 g/mol. The van der Waals surface area contributed by atoms with E-state index in [1.54, 1.807) is 0 Å². The highest BCUT2D eigenvalue weighted by atomic mass is 32.1. The lowest BCUT2D eigenvalue weighted by molar-refractivity contribution is -0.117. The number of nitrogens with zero attached hydrogens (tertiary/aromatic N) is 4. The van der Waals surface area contributed by atoms with Crippen molar-refractivity contribution < 1.29 is 14.3 Å². The first-order chi connectivity index (χ1) is 20.1. The first kappa shape index (κ1) is 26.4. The van der Waals surface area contributed by atoms with Crippen molar-refractivity contribution in [2.45, 2.75) is 6.17 Å². The van der Waals surface area contributed by atoms with E-state index in [2.05, 4.69) is 20.2 Å². The molecular formula is C30H27N7O3S. The number of rotatable bonds is 5.